The first kappa shape index (κ1) is 19.5. The van der Waals surface area contributed by atoms with E-state index in [0.29, 0.717) is 17.0 Å². The van der Waals surface area contributed by atoms with Crippen LogP contribution in [0.3, 0.4) is 0 Å². The van der Waals surface area contributed by atoms with Gasteiger partial charge in [-0.3, -0.25) is 4.79 Å². The Hall–Kier alpha value is -2.26. The van der Waals surface area contributed by atoms with Crippen LogP contribution in [-0.2, 0) is 9.84 Å². The highest BCUT2D eigenvalue weighted by Crippen LogP contribution is 2.22. The molecule has 3 N–H and O–H groups in total. The van der Waals surface area contributed by atoms with Gasteiger partial charge in [-0.1, -0.05) is 12.1 Å². The molecule has 0 atom stereocenters. The Morgan fingerprint density at radius 3 is 2.70 bits per heavy atom. The average Bonchev–Trinajstić information content (AvgIpc) is 2.62. The van der Waals surface area contributed by atoms with Crippen molar-refractivity contribution >= 4 is 32.6 Å². The van der Waals surface area contributed by atoms with Crippen LogP contribution < -0.4 is 10.6 Å². The number of nitrogens with zero attached hydrogens (tertiary/aromatic N) is 2. The number of rotatable bonds is 6. The summed E-state index contributed by atoms with van der Waals surface area (Å²) in [6.07, 6.45) is 5.75. The summed E-state index contributed by atoms with van der Waals surface area (Å²) in [4.78, 5) is 21.3. The van der Waals surface area contributed by atoms with Crippen LogP contribution >= 0.6 is 0 Å². The summed E-state index contributed by atoms with van der Waals surface area (Å²) in [5.74, 6) is -0.0336. The number of aliphatic hydroxyl groups is 1. The van der Waals surface area contributed by atoms with Gasteiger partial charge in [-0.15, -0.1) is 0 Å². The molecule has 1 saturated carbocycles. The molecular weight excluding hydrogens is 368 g/mol. The number of carbonyl (C=O) groups excluding carboxylic acids is 1. The molecule has 1 heterocycles. The number of aliphatic hydroxyl groups excluding tert-OH is 1. The third-order valence-corrected chi connectivity index (χ3v) is 5.59. The topological polar surface area (TPSA) is 121 Å². The van der Waals surface area contributed by atoms with Crippen molar-refractivity contribution in [2.24, 2.45) is 0 Å². The number of hydrogen-bond donors (Lipinski definition) is 3. The van der Waals surface area contributed by atoms with Gasteiger partial charge in [-0.2, -0.15) is 0 Å². The summed E-state index contributed by atoms with van der Waals surface area (Å²) >= 11 is 0. The molecule has 0 spiro atoms. The molecule has 1 aliphatic carbocycles. The molecule has 3 rings (SSSR count). The van der Waals surface area contributed by atoms with E-state index in [4.69, 9.17) is 0 Å². The number of para-hydroxylation sites is 1. The largest absolute Gasteiger partial charge is 0.393 e. The number of anilines is 1. The van der Waals surface area contributed by atoms with E-state index < -0.39 is 9.84 Å². The van der Waals surface area contributed by atoms with Crippen molar-refractivity contribution in [3.8, 4) is 0 Å². The molecule has 27 heavy (non-hydrogen) atoms. The predicted molar refractivity (Wildman–Crippen MR) is 103 cm³/mol. The molecule has 2 aromatic rings. The lowest BCUT2D eigenvalue weighted by Gasteiger charge is -2.26. The lowest BCUT2D eigenvalue weighted by molar-refractivity contribution is 0.0957. The molecule has 1 fully saturated rings. The lowest BCUT2D eigenvalue weighted by atomic mass is 9.93. The van der Waals surface area contributed by atoms with E-state index in [0.717, 1.165) is 37.3 Å². The van der Waals surface area contributed by atoms with Crippen LogP contribution in [0, 0.1) is 0 Å². The zero-order valence-electron chi connectivity index (χ0n) is 15.2. The minimum atomic E-state index is -3.14. The first-order chi connectivity index (χ1) is 12.8. The molecular formula is C18H24N4O4S. The van der Waals surface area contributed by atoms with Gasteiger partial charge < -0.3 is 15.7 Å². The van der Waals surface area contributed by atoms with Gasteiger partial charge in [0.1, 0.15) is 9.84 Å². The monoisotopic (exact) mass is 392 g/mol. The van der Waals surface area contributed by atoms with Crippen LogP contribution in [0.15, 0.2) is 24.4 Å². The normalized spacial score (nSPS) is 20.4. The van der Waals surface area contributed by atoms with E-state index >= 15 is 0 Å². The van der Waals surface area contributed by atoms with Crippen LogP contribution in [0.1, 0.15) is 36.0 Å². The summed E-state index contributed by atoms with van der Waals surface area (Å²) in [6.45, 7) is 0.0502. The molecule has 1 aromatic heterocycles. The molecule has 0 bridgehead atoms. The van der Waals surface area contributed by atoms with E-state index in [-0.39, 0.29) is 30.4 Å². The van der Waals surface area contributed by atoms with Crippen molar-refractivity contribution in [2.75, 3.05) is 23.9 Å². The molecule has 0 saturated heterocycles. The molecule has 8 nitrogen and oxygen atoms in total. The second kappa shape index (κ2) is 8.18. The van der Waals surface area contributed by atoms with Crippen LogP contribution in [0.4, 0.5) is 5.95 Å². The Kier molecular flexibility index (Phi) is 5.91. The van der Waals surface area contributed by atoms with E-state index in [1.54, 1.807) is 18.3 Å². The van der Waals surface area contributed by atoms with E-state index in [1.165, 1.54) is 0 Å². The number of sulfone groups is 1. The highest BCUT2D eigenvalue weighted by atomic mass is 32.2. The molecule has 0 unspecified atom stereocenters. The highest BCUT2D eigenvalue weighted by Gasteiger charge is 2.20. The van der Waals surface area contributed by atoms with Gasteiger partial charge in [-0.25, -0.2) is 18.4 Å². The third kappa shape index (κ3) is 5.36. The van der Waals surface area contributed by atoms with E-state index in [1.807, 2.05) is 6.07 Å². The van der Waals surface area contributed by atoms with Crippen LogP contribution in [-0.4, -0.2) is 60.1 Å². The zero-order valence-corrected chi connectivity index (χ0v) is 16.0. The van der Waals surface area contributed by atoms with Crippen molar-refractivity contribution < 1.29 is 18.3 Å². The number of hydrogen-bond acceptors (Lipinski definition) is 7. The minimum absolute atomic E-state index is 0.0502. The first-order valence-corrected chi connectivity index (χ1v) is 11.0. The maximum atomic E-state index is 12.5. The first-order valence-electron chi connectivity index (χ1n) is 8.98. The van der Waals surface area contributed by atoms with E-state index in [9.17, 15) is 18.3 Å². The van der Waals surface area contributed by atoms with Crippen LogP contribution in [0.5, 0.6) is 0 Å². The van der Waals surface area contributed by atoms with Crippen molar-refractivity contribution in [1.29, 1.82) is 0 Å². The molecule has 146 valence electrons. The fourth-order valence-corrected chi connectivity index (χ4v) is 3.63. The third-order valence-electron chi connectivity index (χ3n) is 4.64. The summed E-state index contributed by atoms with van der Waals surface area (Å²) in [7, 11) is -3.14. The van der Waals surface area contributed by atoms with Crippen molar-refractivity contribution in [1.82, 2.24) is 15.3 Å². The Balaban J connectivity index is 1.76. The maximum absolute atomic E-state index is 12.5. The number of aromatic nitrogens is 2. The van der Waals surface area contributed by atoms with Gasteiger partial charge >= 0.3 is 0 Å². The zero-order chi connectivity index (χ0) is 19.4. The molecule has 1 aliphatic rings. The molecule has 0 radical (unpaired) electrons. The Morgan fingerprint density at radius 1 is 1.26 bits per heavy atom. The number of carbonyl (C=O) groups is 1. The quantitative estimate of drug-likeness (QED) is 0.673. The summed E-state index contributed by atoms with van der Waals surface area (Å²) in [5, 5.41) is 16.2. The second-order valence-electron chi connectivity index (χ2n) is 6.97. The van der Waals surface area contributed by atoms with E-state index in [2.05, 4.69) is 20.6 Å². The van der Waals surface area contributed by atoms with Crippen molar-refractivity contribution in [3.63, 3.8) is 0 Å². The molecule has 0 aliphatic heterocycles. The SMILES string of the molecule is CS(=O)(=O)CCNC(=O)c1cccc2cnc(N[C@H]3CC[C@H](O)CC3)nc12. The Bertz CT molecular complexity index is 924. The van der Waals surface area contributed by atoms with Crippen molar-refractivity contribution in [3.05, 3.63) is 30.0 Å². The molecule has 9 heteroatoms. The molecule has 1 amide bonds. The van der Waals surface area contributed by atoms with Gasteiger partial charge in [-0.05, 0) is 31.7 Å². The van der Waals surface area contributed by atoms with Crippen molar-refractivity contribution in [2.45, 2.75) is 37.8 Å². The maximum Gasteiger partial charge on any atom is 0.253 e. The number of fused-ring (bicyclic) bond motifs is 1. The Labute approximate surface area is 158 Å². The summed E-state index contributed by atoms with van der Waals surface area (Å²) in [6, 6.07) is 5.42. The predicted octanol–water partition coefficient (Wildman–Crippen LogP) is 1.12. The Morgan fingerprint density at radius 2 is 2.00 bits per heavy atom. The van der Waals surface area contributed by atoms with Gasteiger partial charge in [0.15, 0.2) is 0 Å². The van der Waals surface area contributed by atoms with Gasteiger partial charge in [0.05, 0.1) is 22.9 Å². The smallest absolute Gasteiger partial charge is 0.253 e. The second-order valence-corrected chi connectivity index (χ2v) is 9.23. The van der Waals surface area contributed by atoms with Crippen LogP contribution in [0.25, 0.3) is 10.9 Å². The summed E-state index contributed by atoms with van der Waals surface area (Å²) in [5.41, 5.74) is 0.896. The minimum Gasteiger partial charge on any atom is -0.393 e. The number of nitrogens with one attached hydrogen (secondary N) is 2. The highest BCUT2D eigenvalue weighted by molar-refractivity contribution is 7.90. The lowest BCUT2D eigenvalue weighted by Crippen LogP contribution is -2.29. The van der Waals surface area contributed by atoms with Gasteiger partial charge in [0.25, 0.3) is 5.91 Å². The summed E-state index contributed by atoms with van der Waals surface area (Å²) < 4.78 is 22.4. The molecule has 1 aromatic carbocycles. The van der Waals surface area contributed by atoms with Gasteiger partial charge in [0.2, 0.25) is 5.95 Å². The number of benzene rings is 1. The standard InChI is InChI=1S/C18H24N4O4S/c1-27(25,26)10-9-19-17(24)15-4-2-3-12-11-20-18(22-16(12)15)21-13-5-7-14(23)8-6-13/h2-4,11,13-14,23H,5-10H2,1H3,(H,19,24)(H,20,21,22)/t13-,14-. The fraction of sp³-hybridized carbons (Fsp3) is 0.500. The fourth-order valence-electron chi connectivity index (χ4n) is 3.16. The van der Waals surface area contributed by atoms with Crippen LogP contribution in [0.2, 0.25) is 0 Å². The average molecular weight is 392 g/mol. The number of amides is 1. The van der Waals surface area contributed by atoms with Gasteiger partial charge in [0, 0.05) is 30.4 Å².